The van der Waals surface area contributed by atoms with Crippen molar-refractivity contribution in [1.82, 2.24) is 0 Å². The molecule has 24 heavy (non-hydrogen) atoms. The minimum absolute atomic E-state index is 0.106. The van der Waals surface area contributed by atoms with E-state index in [-0.39, 0.29) is 13.2 Å². The number of ether oxygens (including phenoxy) is 1. The van der Waals surface area contributed by atoms with Crippen LogP contribution in [-0.2, 0) is 9.57 Å². The van der Waals surface area contributed by atoms with Crippen molar-refractivity contribution < 1.29 is 14.7 Å². The fraction of sp³-hybridized carbons (Fsp3) is 0.350. The van der Waals surface area contributed by atoms with Gasteiger partial charge in [0.1, 0.15) is 18.4 Å². The van der Waals surface area contributed by atoms with E-state index in [1.54, 1.807) is 0 Å². The molecule has 2 rings (SSSR count). The summed E-state index contributed by atoms with van der Waals surface area (Å²) in [6, 6.07) is 19.7. The third kappa shape index (κ3) is 6.14. The number of hydrogen-bond donors (Lipinski definition) is 1. The Bertz CT molecular complexity index is 557. The Morgan fingerprint density at radius 2 is 1.54 bits per heavy atom. The number of nitrogens with zero attached hydrogens (tertiary/aromatic N) is 1. The van der Waals surface area contributed by atoms with Crippen LogP contribution >= 0.6 is 0 Å². The molecule has 0 aliphatic carbocycles. The van der Waals surface area contributed by atoms with Crippen LogP contribution in [-0.4, -0.2) is 36.7 Å². The van der Waals surface area contributed by atoms with Gasteiger partial charge in [-0.15, -0.1) is 0 Å². The molecule has 0 saturated carbocycles. The van der Waals surface area contributed by atoms with Gasteiger partial charge in [-0.25, -0.2) is 0 Å². The Morgan fingerprint density at radius 1 is 0.958 bits per heavy atom. The number of rotatable bonds is 10. The van der Waals surface area contributed by atoms with Crippen molar-refractivity contribution >= 4 is 5.71 Å². The SMILES string of the molecule is CCCCOCC(O)CON=C(c1ccccc1)c1ccccc1. The lowest BCUT2D eigenvalue weighted by Gasteiger charge is -2.11. The smallest absolute Gasteiger partial charge is 0.145 e. The molecule has 0 fully saturated rings. The summed E-state index contributed by atoms with van der Waals surface area (Å²) >= 11 is 0. The zero-order valence-corrected chi connectivity index (χ0v) is 14.1. The molecule has 4 nitrogen and oxygen atoms in total. The van der Waals surface area contributed by atoms with E-state index in [2.05, 4.69) is 12.1 Å². The topological polar surface area (TPSA) is 51.0 Å². The molecule has 0 saturated heterocycles. The zero-order chi connectivity index (χ0) is 17.0. The fourth-order valence-electron chi connectivity index (χ4n) is 2.17. The van der Waals surface area contributed by atoms with Gasteiger partial charge in [0, 0.05) is 17.7 Å². The Balaban J connectivity index is 1.97. The van der Waals surface area contributed by atoms with E-state index < -0.39 is 6.10 Å². The van der Waals surface area contributed by atoms with Crippen LogP contribution in [0.25, 0.3) is 0 Å². The van der Waals surface area contributed by atoms with Gasteiger partial charge in [-0.05, 0) is 6.42 Å². The molecule has 2 aromatic rings. The second-order valence-electron chi connectivity index (χ2n) is 5.55. The van der Waals surface area contributed by atoms with Crippen molar-refractivity contribution in [2.24, 2.45) is 5.16 Å². The summed E-state index contributed by atoms with van der Waals surface area (Å²) < 4.78 is 5.38. The number of aliphatic hydroxyl groups excluding tert-OH is 1. The average molecular weight is 327 g/mol. The normalized spacial score (nSPS) is 11.8. The maximum atomic E-state index is 9.88. The average Bonchev–Trinajstić information content (AvgIpc) is 2.64. The molecule has 0 heterocycles. The summed E-state index contributed by atoms with van der Waals surface area (Å²) in [5.74, 6) is 0. The van der Waals surface area contributed by atoms with E-state index in [4.69, 9.17) is 9.57 Å². The molecule has 128 valence electrons. The number of unbranched alkanes of at least 4 members (excludes halogenated alkanes) is 1. The molecule has 0 radical (unpaired) electrons. The van der Waals surface area contributed by atoms with Crippen LogP contribution in [0.4, 0.5) is 0 Å². The van der Waals surface area contributed by atoms with Gasteiger partial charge in [0.15, 0.2) is 0 Å². The summed E-state index contributed by atoms with van der Waals surface area (Å²) in [6.45, 7) is 3.14. The predicted octanol–water partition coefficient (Wildman–Crippen LogP) is 3.63. The summed E-state index contributed by atoms with van der Waals surface area (Å²) in [5.41, 5.74) is 2.69. The molecule has 1 atom stereocenters. The lowest BCUT2D eigenvalue weighted by Crippen LogP contribution is -2.21. The van der Waals surface area contributed by atoms with Crippen LogP contribution in [0.5, 0.6) is 0 Å². The quantitative estimate of drug-likeness (QED) is 0.412. The van der Waals surface area contributed by atoms with Crippen molar-refractivity contribution in [3.63, 3.8) is 0 Å². The van der Waals surface area contributed by atoms with Crippen LogP contribution in [0, 0.1) is 0 Å². The minimum atomic E-state index is -0.682. The van der Waals surface area contributed by atoms with Gasteiger partial charge in [-0.3, -0.25) is 0 Å². The van der Waals surface area contributed by atoms with Gasteiger partial charge in [-0.1, -0.05) is 79.2 Å². The maximum absolute atomic E-state index is 9.88. The standard InChI is InChI=1S/C20H25NO3/c1-2-3-14-23-15-19(22)16-24-21-20(17-10-6-4-7-11-17)18-12-8-5-9-13-18/h4-13,19,22H,2-3,14-16H2,1H3. The monoisotopic (exact) mass is 327 g/mol. The van der Waals surface area contributed by atoms with Crippen LogP contribution in [0.1, 0.15) is 30.9 Å². The third-order valence-corrected chi connectivity index (χ3v) is 3.47. The molecule has 0 amide bonds. The van der Waals surface area contributed by atoms with Gasteiger partial charge in [0.05, 0.1) is 6.61 Å². The van der Waals surface area contributed by atoms with Crippen molar-refractivity contribution in [2.75, 3.05) is 19.8 Å². The number of hydrogen-bond acceptors (Lipinski definition) is 4. The first-order valence-electron chi connectivity index (χ1n) is 8.38. The van der Waals surface area contributed by atoms with Crippen LogP contribution < -0.4 is 0 Å². The molecule has 0 spiro atoms. The van der Waals surface area contributed by atoms with E-state index in [0.717, 1.165) is 29.7 Å². The second-order valence-corrected chi connectivity index (χ2v) is 5.55. The number of benzene rings is 2. The maximum Gasteiger partial charge on any atom is 0.145 e. The van der Waals surface area contributed by atoms with Crippen LogP contribution in [0.3, 0.4) is 0 Å². The van der Waals surface area contributed by atoms with E-state index in [1.165, 1.54) is 0 Å². The first-order chi connectivity index (χ1) is 11.8. The highest BCUT2D eigenvalue weighted by atomic mass is 16.6. The van der Waals surface area contributed by atoms with E-state index in [0.29, 0.717) is 6.61 Å². The van der Waals surface area contributed by atoms with Gasteiger partial charge in [0.25, 0.3) is 0 Å². The van der Waals surface area contributed by atoms with E-state index >= 15 is 0 Å². The number of aliphatic hydroxyl groups is 1. The molecule has 1 N–H and O–H groups in total. The van der Waals surface area contributed by atoms with Gasteiger partial charge in [-0.2, -0.15) is 0 Å². The summed E-state index contributed by atoms with van der Waals surface area (Å²) in [7, 11) is 0. The van der Waals surface area contributed by atoms with E-state index in [9.17, 15) is 5.11 Å². The highest BCUT2D eigenvalue weighted by Crippen LogP contribution is 2.11. The van der Waals surface area contributed by atoms with Crippen molar-refractivity contribution in [1.29, 1.82) is 0 Å². The molecule has 0 aromatic heterocycles. The van der Waals surface area contributed by atoms with Gasteiger partial charge < -0.3 is 14.7 Å². The first kappa shape index (κ1) is 18.2. The van der Waals surface area contributed by atoms with Crippen LogP contribution in [0.15, 0.2) is 65.8 Å². The highest BCUT2D eigenvalue weighted by Gasteiger charge is 2.09. The molecule has 0 aliphatic heterocycles. The summed E-state index contributed by atoms with van der Waals surface area (Å²) in [6.07, 6.45) is 1.39. The zero-order valence-electron chi connectivity index (χ0n) is 14.1. The lowest BCUT2D eigenvalue weighted by atomic mass is 10.0. The summed E-state index contributed by atoms with van der Waals surface area (Å²) in [4.78, 5) is 5.38. The Morgan fingerprint density at radius 3 is 2.08 bits per heavy atom. The van der Waals surface area contributed by atoms with Crippen molar-refractivity contribution in [3.05, 3.63) is 71.8 Å². The predicted molar refractivity (Wildman–Crippen MR) is 96.2 cm³/mol. The third-order valence-electron chi connectivity index (χ3n) is 3.47. The molecule has 0 bridgehead atoms. The number of oxime groups is 1. The molecule has 2 aromatic carbocycles. The van der Waals surface area contributed by atoms with Gasteiger partial charge >= 0.3 is 0 Å². The van der Waals surface area contributed by atoms with Crippen molar-refractivity contribution in [2.45, 2.75) is 25.9 Å². The first-order valence-corrected chi connectivity index (χ1v) is 8.38. The Labute approximate surface area is 143 Å². The molecular formula is C20H25NO3. The molecule has 4 heteroatoms. The molecule has 1 unspecified atom stereocenters. The molecular weight excluding hydrogens is 302 g/mol. The minimum Gasteiger partial charge on any atom is -0.392 e. The van der Waals surface area contributed by atoms with Crippen molar-refractivity contribution in [3.8, 4) is 0 Å². The summed E-state index contributed by atoms with van der Waals surface area (Å²) in [5, 5.41) is 14.1. The largest absolute Gasteiger partial charge is 0.392 e. The molecule has 0 aliphatic rings. The lowest BCUT2D eigenvalue weighted by molar-refractivity contribution is -0.0179. The fourth-order valence-corrected chi connectivity index (χ4v) is 2.17. The van der Waals surface area contributed by atoms with E-state index in [1.807, 2.05) is 60.7 Å². The van der Waals surface area contributed by atoms with Gasteiger partial charge in [0.2, 0.25) is 0 Å². The second kappa shape index (κ2) is 10.6. The Hall–Kier alpha value is -2.17. The Kier molecular flexibility index (Phi) is 8.01. The highest BCUT2D eigenvalue weighted by molar-refractivity contribution is 6.12. The van der Waals surface area contributed by atoms with Crippen LogP contribution in [0.2, 0.25) is 0 Å².